The van der Waals surface area contributed by atoms with Crippen LogP contribution in [0.1, 0.15) is 26.2 Å². The van der Waals surface area contributed by atoms with Crippen LogP contribution in [0.3, 0.4) is 0 Å². The molecule has 0 spiro atoms. The average molecular weight is 262 g/mol. The fourth-order valence-electron chi connectivity index (χ4n) is 2.83. The third kappa shape index (κ3) is 2.20. The quantitative estimate of drug-likeness (QED) is 0.802. The van der Waals surface area contributed by atoms with Crippen molar-refractivity contribution >= 4 is 17.3 Å². The maximum atomic E-state index is 12.2. The van der Waals surface area contributed by atoms with E-state index in [9.17, 15) is 4.79 Å². The summed E-state index contributed by atoms with van der Waals surface area (Å²) in [7, 11) is 0. The van der Waals surface area contributed by atoms with Gasteiger partial charge < -0.3 is 20.5 Å². The maximum absolute atomic E-state index is 12.2. The van der Waals surface area contributed by atoms with Crippen molar-refractivity contribution in [3.05, 3.63) is 12.1 Å². The molecule has 1 aromatic carbocycles. The fraction of sp³-hybridized carbons (Fsp3) is 0.500. The molecule has 0 saturated heterocycles. The molecule has 5 heteroatoms. The van der Waals surface area contributed by atoms with Crippen LogP contribution in [0.15, 0.2) is 12.1 Å². The van der Waals surface area contributed by atoms with E-state index in [0.717, 1.165) is 19.3 Å². The van der Waals surface area contributed by atoms with Crippen LogP contribution in [0.4, 0.5) is 11.4 Å². The number of benzene rings is 1. The Hall–Kier alpha value is -1.91. The molecule has 3 N–H and O–H groups in total. The zero-order chi connectivity index (χ0) is 13.4. The zero-order valence-corrected chi connectivity index (χ0v) is 10.9. The molecule has 2 unspecified atom stereocenters. The van der Waals surface area contributed by atoms with E-state index in [-0.39, 0.29) is 18.6 Å². The Morgan fingerprint density at radius 3 is 2.74 bits per heavy atom. The number of amides is 1. The van der Waals surface area contributed by atoms with Crippen molar-refractivity contribution in [2.45, 2.75) is 26.2 Å². The van der Waals surface area contributed by atoms with E-state index in [2.05, 4.69) is 12.2 Å². The first kappa shape index (κ1) is 12.1. The molecule has 2 atom stereocenters. The van der Waals surface area contributed by atoms with Crippen LogP contribution in [-0.2, 0) is 4.79 Å². The highest BCUT2D eigenvalue weighted by Crippen LogP contribution is 2.39. The van der Waals surface area contributed by atoms with Crippen molar-refractivity contribution in [1.29, 1.82) is 0 Å². The molecule has 1 aromatic rings. The van der Waals surface area contributed by atoms with E-state index in [1.54, 1.807) is 12.1 Å². The normalized spacial score (nSPS) is 24.5. The van der Waals surface area contributed by atoms with Gasteiger partial charge >= 0.3 is 0 Å². The van der Waals surface area contributed by atoms with Gasteiger partial charge in [0.25, 0.3) is 0 Å². The van der Waals surface area contributed by atoms with E-state index in [1.807, 2.05) is 0 Å². The molecular formula is C14H18N2O3. The Balaban J connectivity index is 1.78. The highest BCUT2D eigenvalue weighted by molar-refractivity contribution is 5.96. The maximum Gasteiger partial charge on any atom is 0.231 e. The molecule has 2 aliphatic rings. The van der Waals surface area contributed by atoms with E-state index in [4.69, 9.17) is 15.2 Å². The monoisotopic (exact) mass is 262 g/mol. The Labute approximate surface area is 112 Å². The Morgan fingerprint density at radius 1 is 1.32 bits per heavy atom. The second-order valence-corrected chi connectivity index (χ2v) is 5.30. The van der Waals surface area contributed by atoms with Crippen molar-refractivity contribution < 1.29 is 14.3 Å². The Morgan fingerprint density at radius 2 is 2.05 bits per heavy atom. The number of fused-ring (bicyclic) bond motifs is 1. The van der Waals surface area contributed by atoms with Gasteiger partial charge in [0.05, 0.1) is 11.4 Å². The summed E-state index contributed by atoms with van der Waals surface area (Å²) in [5.41, 5.74) is 7.03. The number of hydrogen-bond acceptors (Lipinski definition) is 4. The van der Waals surface area contributed by atoms with Crippen LogP contribution < -0.4 is 20.5 Å². The number of hydrogen-bond donors (Lipinski definition) is 2. The predicted molar refractivity (Wildman–Crippen MR) is 72.1 cm³/mol. The molecule has 1 amide bonds. The highest BCUT2D eigenvalue weighted by Gasteiger charge is 2.30. The van der Waals surface area contributed by atoms with E-state index >= 15 is 0 Å². The molecule has 1 fully saturated rings. The van der Waals surface area contributed by atoms with Crippen LogP contribution in [0.5, 0.6) is 11.5 Å². The van der Waals surface area contributed by atoms with Crippen molar-refractivity contribution in [3.63, 3.8) is 0 Å². The second-order valence-electron chi connectivity index (χ2n) is 5.30. The Kier molecular flexibility index (Phi) is 2.97. The van der Waals surface area contributed by atoms with E-state index in [1.165, 1.54) is 0 Å². The van der Waals surface area contributed by atoms with Crippen LogP contribution >= 0.6 is 0 Å². The smallest absolute Gasteiger partial charge is 0.231 e. The molecular weight excluding hydrogens is 244 g/mol. The summed E-state index contributed by atoms with van der Waals surface area (Å²) in [6, 6.07) is 3.42. The lowest BCUT2D eigenvalue weighted by atomic mass is 9.97. The van der Waals surface area contributed by atoms with Gasteiger partial charge in [-0.15, -0.1) is 0 Å². The first-order chi connectivity index (χ1) is 9.15. The minimum atomic E-state index is 0.0514. The lowest BCUT2D eigenvalue weighted by Gasteiger charge is -2.16. The minimum absolute atomic E-state index is 0.0514. The first-order valence-corrected chi connectivity index (χ1v) is 6.65. The third-order valence-electron chi connectivity index (χ3n) is 4.00. The predicted octanol–water partition coefficient (Wildman–Crippen LogP) is 2.37. The van der Waals surface area contributed by atoms with Crippen LogP contribution in [0, 0.1) is 11.8 Å². The molecule has 0 radical (unpaired) electrons. The SMILES string of the molecule is CC1CCCC1C(=O)Nc1cc2c(cc1N)OCO2. The summed E-state index contributed by atoms with van der Waals surface area (Å²) in [5, 5.41) is 2.91. The molecule has 1 aliphatic heterocycles. The fourth-order valence-corrected chi connectivity index (χ4v) is 2.83. The van der Waals surface area contributed by atoms with Gasteiger partial charge in [-0.1, -0.05) is 13.3 Å². The van der Waals surface area contributed by atoms with Gasteiger partial charge in [-0.25, -0.2) is 0 Å². The van der Waals surface area contributed by atoms with Crippen LogP contribution in [0.25, 0.3) is 0 Å². The number of nitrogens with one attached hydrogen (secondary N) is 1. The topological polar surface area (TPSA) is 73.6 Å². The first-order valence-electron chi connectivity index (χ1n) is 6.65. The van der Waals surface area contributed by atoms with Crippen molar-refractivity contribution in [1.82, 2.24) is 0 Å². The van der Waals surface area contributed by atoms with Gasteiger partial charge in [0, 0.05) is 18.1 Å². The third-order valence-corrected chi connectivity index (χ3v) is 4.00. The molecule has 19 heavy (non-hydrogen) atoms. The van der Waals surface area contributed by atoms with Gasteiger partial charge in [0.1, 0.15) is 0 Å². The molecule has 5 nitrogen and oxygen atoms in total. The molecule has 102 valence electrons. The number of carbonyl (C=O) groups excluding carboxylic acids is 1. The number of anilines is 2. The van der Waals surface area contributed by atoms with Crippen molar-refractivity contribution in [3.8, 4) is 11.5 Å². The number of rotatable bonds is 2. The van der Waals surface area contributed by atoms with Gasteiger partial charge in [-0.2, -0.15) is 0 Å². The van der Waals surface area contributed by atoms with Crippen LogP contribution in [0.2, 0.25) is 0 Å². The molecule has 0 aromatic heterocycles. The lowest BCUT2D eigenvalue weighted by molar-refractivity contribution is -0.120. The summed E-state index contributed by atoms with van der Waals surface area (Å²) in [6.45, 7) is 2.33. The zero-order valence-electron chi connectivity index (χ0n) is 10.9. The average Bonchev–Trinajstić information content (AvgIpc) is 2.98. The number of nitrogen functional groups attached to an aromatic ring is 1. The molecule has 3 rings (SSSR count). The number of ether oxygens (including phenoxy) is 2. The standard InChI is InChI=1S/C14H18N2O3/c1-8-3-2-4-9(8)14(17)16-11-6-13-12(5-10(11)15)18-7-19-13/h5-6,8-9H,2-4,7,15H2,1H3,(H,16,17). The van der Waals surface area contributed by atoms with Gasteiger partial charge in [-0.3, -0.25) is 4.79 Å². The molecule has 1 aliphatic carbocycles. The number of nitrogens with two attached hydrogens (primary N) is 1. The highest BCUT2D eigenvalue weighted by atomic mass is 16.7. The van der Waals surface area contributed by atoms with Crippen molar-refractivity contribution in [2.75, 3.05) is 17.8 Å². The van der Waals surface area contributed by atoms with Crippen molar-refractivity contribution in [2.24, 2.45) is 11.8 Å². The summed E-state index contributed by atoms with van der Waals surface area (Å²) < 4.78 is 10.5. The Bertz CT molecular complexity index is 516. The summed E-state index contributed by atoms with van der Waals surface area (Å²) in [4.78, 5) is 12.2. The summed E-state index contributed by atoms with van der Waals surface area (Å²) in [6.07, 6.45) is 3.20. The molecule has 1 heterocycles. The van der Waals surface area contributed by atoms with Gasteiger partial charge in [0.2, 0.25) is 12.7 Å². The van der Waals surface area contributed by atoms with E-state index in [0.29, 0.717) is 28.8 Å². The number of carbonyl (C=O) groups is 1. The van der Waals surface area contributed by atoms with Crippen LogP contribution in [-0.4, -0.2) is 12.7 Å². The largest absolute Gasteiger partial charge is 0.454 e. The minimum Gasteiger partial charge on any atom is -0.454 e. The van der Waals surface area contributed by atoms with Gasteiger partial charge in [-0.05, 0) is 18.8 Å². The summed E-state index contributed by atoms with van der Waals surface area (Å²) >= 11 is 0. The second kappa shape index (κ2) is 4.64. The van der Waals surface area contributed by atoms with Gasteiger partial charge in [0.15, 0.2) is 11.5 Å². The lowest BCUT2D eigenvalue weighted by Crippen LogP contribution is -2.24. The molecule has 1 saturated carbocycles. The van der Waals surface area contributed by atoms with E-state index < -0.39 is 0 Å². The summed E-state index contributed by atoms with van der Waals surface area (Å²) in [5.74, 6) is 1.84. The molecule has 0 bridgehead atoms.